The number of piperidine rings is 1. The number of amides is 1. The molecule has 0 atom stereocenters. The zero-order valence-electron chi connectivity index (χ0n) is 19.2. The smallest absolute Gasteiger partial charge is 0.259 e. The van der Waals surface area contributed by atoms with Crippen molar-refractivity contribution in [3.63, 3.8) is 0 Å². The lowest BCUT2D eigenvalue weighted by molar-refractivity contribution is 0.102. The minimum absolute atomic E-state index is 0.182. The lowest BCUT2D eigenvalue weighted by atomic mass is 10.2. The first-order chi connectivity index (χ1) is 15.8. The van der Waals surface area contributed by atoms with Crippen LogP contribution in [0.25, 0.3) is 5.69 Å². The number of carbonyl (C=O) groups excluding carboxylic acids is 1. The third kappa shape index (κ3) is 4.65. The third-order valence-corrected chi connectivity index (χ3v) is 7.80. The second kappa shape index (κ2) is 9.36. The first kappa shape index (κ1) is 23.0. The molecule has 8 nitrogen and oxygen atoms in total. The van der Waals surface area contributed by atoms with Crippen molar-refractivity contribution in [3.8, 4) is 5.69 Å². The van der Waals surface area contributed by atoms with Crippen molar-refractivity contribution < 1.29 is 13.2 Å². The van der Waals surface area contributed by atoms with E-state index in [1.54, 1.807) is 22.9 Å². The summed E-state index contributed by atoms with van der Waals surface area (Å²) in [5.74, 6) is -0.342. The number of carbonyl (C=O) groups is 1. The van der Waals surface area contributed by atoms with Crippen LogP contribution in [0.1, 0.15) is 35.3 Å². The molecule has 1 saturated heterocycles. The molecule has 9 heteroatoms. The Bertz CT molecular complexity index is 1250. The molecule has 1 aliphatic heterocycles. The van der Waals surface area contributed by atoms with Crippen LogP contribution in [0.2, 0.25) is 0 Å². The number of rotatable bonds is 6. The van der Waals surface area contributed by atoms with Gasteiger partial charge in [0.05, 0.1) is 39.4 Å². The lowest BCUT2D eigenvalue weighted by Crippen LogP contribution is -2.35. The molecular formula is C24H29N5O3S. The molecule has 0 saturated carbocycles. The molecule has 0 aliphatic carbocycles. The summed E-state index contributed by atoms with van der Waals surface area (Å²) in [7, 11) is 0.0789. The van der Waals surface area contributed by atoms with Crippen molar-refractivity contribution in [3.05, 3.63) is 66.0 Å². The highest BCUT2D eigenvalue weighted by Crippen LogP contribution is 2.30. The minimum Gasteiger partial charge on any atom is -0.376 e. The van der Waals surface area contributed by atoms with Gasteiger partial charge in [-0.1, -0.05) is 24.6 Å². The Hall–Kier alpha value is -3.17. The van der Waals surface area contributed by atoms with Crippen LogP contribution in [0, 0.1) is 6.92 Å². The van der Waals surface area contributed by atoms with Crippen LogP contribution in [-0.4, -0.2) is 55.6 Å². The van der Waals surface area contributed by atoms with Crippen LogP contribution < -0.4 is 10.2 Å². The van der Waals surface area contributed by atoms with E-state index in [2.05, 4.69) is 10.4 Å². The molecule has 3 aromatic rings. The minimum atomic E-state index is -3.62. The van der Waals surface area contributed by atoms with Crippen LogP contribution >= 0.6 is 0 Å². The Balaban J connectivity index is 1.65. The molecule has 0 spiro atoms. The average Bonchev–Trinajstić information content (AvgIpc) is 3.21. The number of hydrogen-bond acceptors (Lipinski definition) is 5. The van der Waals surface area contributed by atoms with Gasteiger partial charge < -0.3 is 10.2 Å². The maximum Gasteiger partial charge on any atom is 0.259 e. The SMILES string of the molecule is Cc1c(C(=O)Nc2cc(S(=O)(=O)N3CCCCC3)ccc2N(C)C)cnn1-c1ccccc1. The predicted octanol–water partition coefficient (Wildman–Crippen LogP) is 3.67. The van der Waals surface area contributed by atoms with E-state index in [1.165, 1.54) is 10.5 Å². The molecule has 174 valence electrons. The zero-order valence-corrected chi connectivity index (χ0v) is 20.0. The van der Waals surface area contributed by atoms with E-state index in [1.807, 2.05) is 56.3 Å². The Morgan fingerprint density at radius 2 is 1.73 bits per heavy atom. The van der Waals surface area contributed by atoms with E-state index in [-0.39, 0.29) is 10.8 Å². The third-order valence-electron chi connectivity index (χ3n) is 5.91. The number of anilines is 2. The summed E-state index contributed by atoms with van der Waals surface area (Å²) >= 11 is 0. The summed E-state index contributed by atoms with van der Waals surface area (Å²) < 4.78 is 29.6. The largest absolute Gasteiger partial charge is 0.376 e. The molecule has 1 amide bonds. The van der Waals surface area contributed by atoms with Crippen LogP contribution in [0.4, 0.5) is 11.4 Å². The van der Waals surface area contributed by atoms with E-state index in [4.69, 9.17) is 0 Å². The maximum absolute atomic E-state index is 13.2. The highest BCUT2D eigenvalue weighted by molar-refractivity contribution is 7.89. The first-order valence-electron chi connectivity index (χ1n) is 11.0. The van der Waals surface area contributed by atoms with Crippen molar-refractivity contribution >= 4 is 27.3 Å². The van der Waals surface area contributed by atoms with E-state index in [9.17, 15) is 13.2 Å². The summed E-state index contributed by atoms with van der Waals surface area (Å²) in [6.45, 7) is 2.88. The van der Waals surface area contributed by atoms with Gasteiger partial charge in [0.1, 0.15) is 0 Å². The molecule has 1 aromatic heterocycles. The number of para-hydroxylation sites is 1. The Labute approximate surface area is 194 Å². The number of aromatic nitrogens is 2. The molecule has 33 heavy (non-hydrogen) atoms. The highest BCUT2D eigenvalue weighted by Gasteiger charge is 2.27. The van der Waals surface area contributed by atoms with Gasteiger partial charge in [0.15, 0.2) is 0 Å². The molecule has 1 aliphatic rings. The molecule has 2 aromatic carbocycles. The van der Waals surface area contributed by atoms with Crippen LogP contribution in [0.5, 0.6) is 0 Å². The monoisotopic (exact) mass is 467 g/mol. The van der Waals surface area contributed by atoms with Crippen molar-refractivity contribution in [2.24, 2.45) is 0 Å². The normalized spacial score (nSPS) is 14.8. The lowest BCUT2D eigenvalue weighted by Gasteiger charge is -2.26. The molecule has 0 radical (unpaired) electrons. The van der Waals surface area contributed by atoms with Gasteiger partial charge in [-0.05, 0) is 50.1 Å². The van der Waals surface area contributed by atoms with Gasteiger partial charge in [-0.15, -0.1) is 0 Å². The average molecular weight is 468 g/mol. The van der Waals surface area contributed by atoms with Gasteiger partial charge >= 0.3 is 0 Å². The summed E-state index contributed by atoms with van der Waals surface area (Å²) in [4.78, 5) is 15.2. The molecular weight excluding hydrogens is 438 g/mol. The van der Waals surface area contributed by atoms with Gasteiger partial charge in [0.2, 0.25) is 10.0 Å². The van der Waals surface area contributed by atoms with Gasteiger partial charge in [-0.2, -0.15) is 9.40 Å². The number of sulfonamides is 1. The zero-order chi connectivity index (χ0) is 23.6. The van der Waals surface area contributed by atoms with E-state index in [0.29, 0.717) is 35.7 Å². The predicted molar refractivity (Wildman–Crippen MR) is 130 cm³/mol. The van der Waals surface area contributed by atoms with E-state index in [0.717, 1.165) is 24.9 Å². The van der Waals surface area contributed by atoms with Gasteiger partial charge in [0, 0.05) is 27.2 Å². The first-order valence-corrected chi connectivity index (χ1v) is 12.5. The fourth-order valence-electron chi connectivity index (χ4n) is 4.07. The quantitative estimate of drug-likeness (QED) is 0.598. The van der Waals surface area contributed by atoms with Crippen molar-refractivity contribution in [2.75, 3.05) is 37.4 Å². The number of benzene rings is 2. The Morgan fingerprint density at radius 3 is 2.39 bits per heavy atom. The molecule has 2 heterocycles. The van der Waals surface area contributed by atoms with Crippen LogP contribution in [-0.2, 0) is 10.0 Å². The molecule has 1 N–H and O–H groups in total. The number of nitrogens with zero attached hydrogens (tertiary/aromatic N) is 4. The molecule has 1 fully saturated rings. The number of hydrogen-bond donors (Lipinski definition) is 1. The second-order valence-corrected chi connectivity index (χ2v) is 10.3. The summed E-state index contributed by atoms with van der Waals surface area (Å²) in [5.41, 5.74) is 3.14. The van der Waals surface area contributed by atoms with E-state index < -0.39 is 10.0 Å². The fraction of sp³-hybridized carbons (Fsp3) is 0.333. The summed E-state index contributed by atoms with van der Waals surface area (Å²) in [6.07, 6.45) is 4.30. The summed E-state index contributed by atoms with van der Waals surface area (Å²) in [6, 6.07) is 14.5. The van der Waals surface area contributed by atoms with Crippen molar-refractivity contribution in [1.29, 1.82) is 0 Å². The summed E-state index contributed by atoms with van der Waals surface area (Å²) in [5, 5.41) is 7.28. The van der Waals surface area contributed by atoms with Crippen molar-refractivity contribution in [2.45, 2.75) is 31.1 Å². The number of nitrogens with one attached hydrogen (secondary N) is 1. The van der Waals surface area contributed by atoms with Crippen LogP contribution in [0.15, 0.2) is 59.6 Å². The Kier molecular flexibility index (Phi) is 6.53. The van der Waals surface area contributed by atoms with Crippen LogP contribution in [0.3, 0.4) is 0 Å². The second-order valence-electron chi connectivity index (χ2n) is 8.38. The molecule has 0 bridgehead atoms. The van der Waals surface area contributed by atoms with Gasteiger partial charge in [-0.3, -0.25) is 4.79 Å². The van der Waals surface area contributed by atoms with Gasteiger partial charge in [-0.25, -0.2) is 13.1 Å². The topological polar surface area (TPSA) is 87.5 Å². The molecule has 4 rings (SSSR count). The maximum atomic E-state index is 13.2. The fourth-order valence-corrected chi connectivity index (χ4v) is 5.62. The highest BCUT2D eigenvalue weighted by atomic mass is 32.2. The van der Waals surface area contributed by atoms with Gasteiger partial charge in [0.25, 0.3) is 5.91 Å². The van der Waals surface area contributed by atoms with E-state index >= 15 is 0 Å². The molecule has 0 unspecified atom stereocenters. The van der Waals surface area contributed by atoms with Crippen molar-refractivity contribution in [1.82, 2.24) is 14.1 Å². The standard InChI is InChI=1S/C24H29N5O3S/c1-18-21(17-25-29(18)19-10-6-4-7-11-19)24(30)26-22-16-20(12-13-23(22)27(2)3)33(31,32)28-14-8-5-9-15-28/h4,6-7,10-13,16-17H,5,8-9,14-15H2,1-3H3,(H,26,30). The Morgan fingerprint density at radius 1 is 1.03 bits per heavy atom.